The molecule has 0 aliphatic carbocycles. The zero-order valence-corrected chi connectivity index (χ0v) is 9.18. The fourth-order valence-corrected chi connectivity index (χ4v) is 1.15. The minimum Gasteiger partial charge on any atom is -0.336 e. The molecule has 5 heteroatoms. The number of hydrogen-bond donors (Lipinski definition) is 2. The Labute approximate surface area is 92.8 Å². The average molecular weight is 228 g/mol. The Balaban J connectivity index is 2.48. The van der Waals surface area contributed by atoms with Crippen LogP contribution in [0.2, 0.25) is 0 Å². The third kappa shape index (κ3) is 3.84. The molecule has 0 heterocycles. The normalized spacial score (nSPS) is 10.3. The Kier molecular flexibility index (Phi) is 4.22. The molecular weight excluding hydrogens is 214 g/mol. The minimum atomic E-state index is -0.913. The van der Waals surface area contributed by atoms with E-state index >= 15 is 0 Å². The van der Waals surface area contributed by atoms with Crippen LogP contribution in [0.25, 0.3) is 0 Å². The zero-order valence-electron chi connectivity index (χ0n) is 9.18. The second-order valence-electron chi connectivity index (χ2n) is 3.73. The molecule has 0 atom stereocenters. The van der Waals surface area contributed by atoms with Crippen LogP contribution in [0.3, 0.4) is 0 Å². The van der Waals surface area contributed by atoms with Crippen molar-refractivity contribution in [3.63, 3.8) is 0 Å². The number of rotatable bonds is 3. The van der Waals surface area contributed by atoms with Gasteiger partial charge in [0.15, 0.2) is 11.6 Å². The maximum Gasteiger partial charge on any atom is 0.315 e. The highest BCUT2D eigenvalue weighted by molar-refractivity contribution is 5.74. The SMILES string of the molecule is CC(C)NC(=O)NCc1ccc(F)c(F)c1. The van der Waals surface area contributed by atoms with E-state index < -0.39 is 11.6 Å². The van der Waals surface area contributed by atoms with Gasteiger partial charge in [-0.3, -0.25) is 0 Å². The van der Waals surface area contributed by atoms with Crippen molar-refractivity contribution >= 4 is 6.03 Å². The topological polar surface area (TPSA) is 41.1 Å². The van der Waals surface area contributed by atoms with Crippen molar-refractivity contribution in [1.29, 1.82) is 0 Å². The Morgan fingerprint density at radius 3 is 2.56 bits per heavy atom. The van der Waals surface area contributed by atoms with Gasteiger partial charge in [0, 0.05) is 12.6 Å². The van der Waals surface area contributed by atoms with Gasteiger partial charge in [0.05, 0.1) is 0 Å². The summed E-state index contributed by atoms with van der Waals surface area (Å²) in [5.74, 6) is -1.81. The lowest BCUT2D eigenvalue weighted by atomic mass is 10.2. The van der Waals surface area contributed by atoms with E-state index in [0.717, 1.165) is 12.1 Å². The fourth-order valence-electron chi connectivity index (χ4n) is 1.15. The molecule has 1 aromatic carbocycles. The highest BCUT2D eigenvalue weighted by Gasteiger charge is 2.05. The van der Waals surface area contributed by atoms with E-state index in [1.54, 1.807) is 0 Å². The van der Waals surface area contributed by atoms with E-state index in [9.17, 15) is 13.6 Å². The fraction of sp³-hybridized carbons (Fsp3) is 0.364. The van der Waals surface area contributed by atoms with Crippen molar-refractivity contribution in [2.75, 3.05) is 0 Å². The summed E-state index contributed by atoms with van der Waals surface area (Å²) in [4.78, 5) is 11.2. The van der Waals surface area contributed by atoms with E-state index in [-0.39, 0.29) is 18.6 Å². The standard InChI is InChI=1S/C11H14F2N2O/c1-7(2)15-11(16)14-6-8-3-4-9(12)10(13)5-8/h3-5,7H,6H2,1-2H3,(H2,14,15,16). The number of urea groups is 1. The van der Waals surface area contributed by atoms with Gasteiger partial charge in [0.2, 0.25) is 0 Å². The smallest absolute Gasteiger partial charge is 0.315 e. The number of hydrogen-bond acceptors (Lipinski definition) is 1. The van der Waals surface area contributed by atoms with E-state index in [0.29, 0.717) is 5.56 Å². The molecule has 16 heavy (non-hydrogen) atoms. The summed E-state index contributed by atoms with van der Waals surface area (Å²) in [6.45, 7) is 3.82. The van der Waals surface area contributed by atoms with Crippen molar-refractivity contribution in [3.05, 3.63) is 35.4 Å². The molecule has 0 aliphatic rings. The Bertz CT molecular complexity index is 380. The lowest BCUT2D eigenvalue weighted by Crippen LogP contribution is -2.39. The predicted molar refractivity (Wildman–Crippen MR) is 56.9 cm³/mol. The lowest BCUT2D eigenvalue weighted by molar-refractivity contribution is 0.238. The van der Waals surface area contributed by atoms with E-state index in [4.69, 9.17) is 0 Å². The maximum atomic E-state index is 12.8. The Morgan fingerprint density at radius 1 is 1.31 bits per heavy atom. The summed E-state index contributed by atoms with van der Waals surface area (Å²) < 4.78 is 25.4. The van der Waals surface area contributed by atoms with Crippen molar-refractivity contribution in [2.45, 2.75) is 26.4 Å². The first kappa shape index (κ1) is 12.4. The van der Waals surface area contributed by atoms with E-state index in [1.165, 1.54) is 6.07 Å². The molecule has 0 spiro atoms. The molecular formula is C11H14F2N2O. The highest BCUT2D eigenvalue weighted by atomic mass is 19.2. The van der Waals surface area contributed by atoms with Crippen LogP contribution >= 0.6 is 0 Å². The quantitative estimate of drug-likeness (QED) is 0.817. The number of nitrogens with one attached hydrogen (secondary N) is 2. The molecule has 0 fully saturated rings. The van der Waals surface area contributed by atoms with Crippen LogP contribution in [-0.2, 0) is 6.54 Å². The summed E-state index contributed by atoms with van der Waals surface area (Å²) in [5.41, 5.74) is 0.512. The van der Waals surface area contributed by atoms with Crippen molar-refractivity contribution in [1.82, 2.24) is 10.6 Å². The Morgan fingerprint density at radius 2 is 2.00 bits per heavy atom. The molecule has 1 rings (SSSR count). The molecule has 0 aliphatic heterocycles. The van der Waals surface area contributed by atoms with Gasteiger partial charge >= 0.3 is 6.03 Å². The molecule has 3 nitrogen and oxygen atoms in total. The summed E-state index contributed by atoms with van der Waals surface area (Å²) in [6.07, 6.45) is 0. The van der Waals surface area contributed by atoms with Gasteiger partial charge < -0.3 is 10.6 Å². The number of benzene rings is 1. The average Bonchev–Trinajstić information content (AvgIpc) is 2.19. The molecule has 1 aromatic rings. The lowest BCUT2D eigenvalue weighted by Gasteiger charge is -2.10. The number of carbonyl (C=O) groups excluding carboxylic acids is 1. The monoisotopic (exact) mass is 228 g/mol. The van der Waals surface area contributed by atoms with E-state index in [2.05, 4.69) is 10.6 Å². The first-order chi connectivity index (χ1) is 7.49. The van der Waals surface area contributed by atoms with Gasteiger partial charge in [-0.1, -0.05) is 6.07 Å². The minimum absolute atomic E-state index is 0.0324. The molecule has 0 aromatic heterocycles. The molecule has 0 saturated carbocycles. The molecule has 2 amide bonds. The van der Waals surface area contributed by atoms with Gasteiger partial charge in [0.1, 0.15) is 0 Å². The van der Waals surface area contributed by atoms with Gasteiger partial charge in [-0.25, -0.2) is 13.6 Å². The summed E-state index contributed by atoms with van der Waals surface area (Å²) in [5, 5.41) is 5.16. The Hall–Kier alpha value is -1.65. The number of amides is 2. The summed E-state index contributed by atoms with van der Waals surface area (Å²) >= 11 is 0. The molecule has 0 saturated heterocycles. The van der Waals surface area contributed by atoms with Crippen LogP contribution in [-0.4, -0.2) is 12.1 Å². The van der Waals surface area contributed by atoms with Gasteiger partial charge in [0.25, 0.3) is 0 Å². The third-order valence-corrected chi connectivity index (χ3v) is 1.86. The molecule has 2 N–H and O–H groups in total. The number of carbonyl (C=O) groups is 1. The molecule has 0 bridgehead atoms. The molecule has 0 radical (unpaired) electrons. The van der Waals surface area contributed by atoms with Crippen LogP contribution in [0.4, 0.5) is 13.6 Å². The maximum absolute atomic E-state index is 12.8. The summed E-state index contributed by atoms with van der Waals surface area (Å²) in [6, 6.07) is 3.22. The van der Waals surface area contributed by atoms with Crippen molar-refractivity contribution < 1.29 is 13.6 Å². The zero-order chi connectivity index (χ0) is 12.1. The van der Waals surface area contributed by atoms with Crippen LogP contribution in [0.5, 0.6) is 0 Å². The van der Waals surface area contributed by atoms with Crippen LogP contribution in [0, 0.1) is 11.6 Å². The highest BCUT2D eigenvalue weighted by Crippen LogP contribution is 2.08. The van der Waals surface area contributed by atoms with Crippen LogP contribution in [0.1, 0.15) is 19.4 Å². The molecule has 0 unspecified atom stereocenters. The third-order valence-electron chi connectivity index (χ3n) is 1.86. The predicted octanol–water partition coefficient (Wildman–Crippen LogP) is 2.17. The first-order valence-corrected chi connectivity index (χ1v) is 4.97. The van der Waals surface area contributed by atoms with Crippen LogP contribution in [0.15, 0.2) is 18.2 Å². The second-order valence-corrected chi connectivity index (χ2v) is 3.73. The van der Waals surface area contributed by atoms with Crippen molar-refractivity contribution in [3.8, 4) is 0 Å². The van der Waals surface area contributed by atoms with Crippen molar-refractivity contribution in [2.24, 2.45) is 0 Å². The molecule has 88 valence electrons. The largest absolute Gasteiger partial charge is 0.336 e. The van der Waals surface area contributed by atoms with Crippen LogP contribution < -0.4 is 10.6 Å². The second kappa shape index (κ2) is 5.44. The summed E-state index contributed by atoms with van der Waals surface area (Å²) in [7, 11) is 0. The first-order valence-electron chi connectivity index (χ1n) is 4.97. The van der Waals surface area contributed by atoms with Gasteiger partial charge in [-0.2, -0.15) is 0 Å². The van der Waals surface area contributed by atoms with Gasteiger partial charge in [-0.05, 0) is 31.5 Å². The van der Waals surface area contributed by atoms with E-state index in [1.807, 2.05) is 13.8 Å². The van der Waals surface area contributed by atoms with Gasteiger partial charge in [-0.15, -0.1) is 0 Å². The number of halogens is 2.